The van der Waals surface area contributed by atoms with E-state index in [-0.39, 0.29) is 5.54 Å². The van der Waals surface area contributed by atoms with E-state index in [0.717, 1.165) is 0 Å². The first-order chi connectivity index (χ1) is 16.2. The molecule has 0 radical (unpaired) electrons. The fourth-order valence-corrected chi connectivity index (χ4v) is 15.7. The molecule has 1 atom stereocenters. The number of hydrogen-bond donors (Lipinski definition) is 1. The van der Waals surface area contributed by atoms with E-state index in [0.29, 0.717) is 4.31 Å². The summed E-state index contributed by atoms with van der Waals surface area (Å²) in [6, 6.07) is 31.7. The molecule has 1 aliphatic carbocycles. The van der Waals surface area contributed by atoms with Crippen molar-refractivity contribution >= 4 is 24.9 Å². The molecular weight excluding hydrogens is 514 g/mol. The van der Waals surface area contributed by atoms with Gasteiger partial charge in [0.1, 0.15) is 0 Å². The molecule has 4 rings (SSSR count). The van der Waals surface area contributed by atoms with E-state index in [9.17, 15) is 0 Å². The van der Waals surface area contributed by atoms with E-state index >= 15 is 0 Å². The van der Waals surface area contributed by atoms with E-state index in [2.05, 4.69) is 146 Å². The quantitative estimate of drug-likeness (QED) is 0.448. The molecule has 0 fully saturated rings. The van der Waals surface area contributed by atoms with Gasteiger partial charge < -0.3 is 0 Å². The predicted octanol–water partition coefficient (Wildman–Crippen LogP) is 3.99. The number of fused-ring (bicyclic) bond motifs is 1. The number of allylic oxidation sites excluding steroid dienone is 1. The van der Waals surface area contributed by atoms with Gasteiger partial charge >= 0.3 is 215 Å². The predicted molar refractivity (Wildman–Crippen MR) is 146 cm³/mol. The van der Waals surface area contributed by atoms with Crippen LogP contribution in [0.2, 0.25) is 0 Å². The summed E-state index contributed by atoms with van der Waals surface area (Å²) in [5, 5.41) is 8.65. The molecule has 0 amide bonds. The van der Waals surface area contributed by atoms with Crippen LogP contribution in [0.1, 0.15) is 36.2 Å². The van der Waals surface area contributed by atoms with Gasteiger partial charge in [-0.2, -0.15) is 0 Å². The first-order valence-corrected chi connectivity index (χ1v) is 16.7. The number of benzene rings is 3. The van der Waals surface area contributed by atoms with Gasteiger partial charge in [-0.1, -0.05) is 0 Å². The van der Waals surface area contributed by atoms with Crippen molar-refractivity contribution in [3.8, 4) is 0 Å². The third-order valence-corrected chi connectivity index (χ3v) is 16.1. The number of rotatable bonds is 7. The van der Waals surface area contributed by atoms with E-state index in [4.69, 9.17) is 0 Å². The molecule has 1 aliphatic rings. The van der Waals surface area contributed by atoms with Crippen LogP contribution in [0.5, 0.6) is 0 Å². The molecule has 3 nitrogen and oxygen atoms in total. The second kappa shape index (κ2) is 10.3. The van der Waals surface area contributed by atoms with Crippen molar-refractivity contribution in [3.63, 3.8) is 0 Å². The van der Waals surface area contributed by atoms with Gasteiger partial charge in [0.15, 0.2) is 0 Å². The molecule has 0 saturated carbocycles. The van der Waals surface area contributed by atoms with Gasteiger partial charge in [-0.25, -0.2) is 0 Å². The van der Waals surface area contributed by atoms with Crippen molar-refractivity contribution in [2.24, 2.45) is 0 Å². The third kappa shape index (κ3) is 5.16. The average molecular weight is 553 g/mol. The Labute approximate surface area is 214 Å². The molecule has 1 unspecified atom stereocenters. The summed E-state index contributed by atoms with van der Waals surface area (Å²) in [5.41, 5.74) is 4.27. The number of nitrogens with one attached hydrogen (secondary N) is 1. The SMILES string of the molecule is C[N](C)[Mo]([CH]1C([SiH](c2ccccc2)c2ccccc2)=C(NC(C)(C)C)c2ccccc21)[N](C)C. The standard InChI is InChI=1S/C25H26NSi.2C2H6N.Mo/c1-25(2,3)26-24-22-17-11-10-12-19(22)18-23(24)27(20-13-6-4-7-14-20)21-15-8-5-9-16-21;2*1-3-2;/h4-18,26-27H,1-3H3;2*1-2H3;/q;2*-1;+2. The summed E-state index contributed by atoms with van der Waals surface area (Å²) in [7, 11) is 7.42. The summed E-state index contributed by atoms with van der Waals surface area (Å²) in [6.45, 7) is 6.85. The fraction of sp³-hybridized carbons (Fsp3) is 0.310. The van der Waals surface area contributed by atoms with Crippen molar-refractivity contribution in [1.29, 1.82) is 0 Å². The molecule has 179 valence electrons. The van der Waals surface area contributed by atoms with Gasteiger partial charge in [0.25, 0.3) is 0 Å². The maximum absolute atomic E-state index is 4.01. The van der Waals surface area contributed by atoms with Gasteiger partial charge in [0.2, 0.25) is 0 Å². The van der Waals surface area contributed by atoms with Crippen molar-refractivity contribution in [3.05, 3.63) is 101 Å². The Bertz CT molecular complexity index is 1090. The van der Waals surface area contributed by atoms with Crippen LogP contribution in [0.25, 0.3) is 5.70 Å². The van der Waals surface area contributed by atoms with Crippen LogP contribution in [0.4, 0.5) is 0 Å². The molecule has 34 heavy (non-hydrogen) atoms. The van der Waals surface area contributed by atoms with Crippen molar-refractivity contribution < 1.29 is 17.8 Å². The Hall–Kier alpha value is -1.97. The third-order valence-electron chi connectivity index (χ3n) is 6.12. The summed E-state index contributed by atoms with van der Waals surface area (Å²) in [5.74, 6) is 0. The van der Waals surface area contributed by atoms with Gasteiger partial charge in [-0.05, 0) is 0 Å². The second-order valence-electron chi connectivity index (χ2n) is 10.3. The van der Waals surface area contributed by atoms with Crippen molar-refractivity contribution in [2.45, 2.75) is 30.6 Å². The molecular formula is C29H38MoN3Si. The van der Waals surface area contributed by atoms with Gasteiger partial charge in [-0.3, -0.25) is 0 Å². The fourth-order valence-electron chi connectivity index (χ4n) is 5.04. The molecule has 3 aromatic rings. The molecule has 0 spiro atoms. The van der Waals surface area contributed by atoms with Crippen LogP contribution < -0.4 is 15.7 Å². The molecule has 0 aliphatic heterocycles. The van der Waals surface area contributed by atoms with Gasteiger partial charge in [-0.15, -0.1) is 0 Å². The Balaban J connectivity index is 2.06. The topological polar surface area (TPSA) is 18.5 Å². The summed E-state index contributed by atoms with van der Waals surface area (Å²) >= 11 is -1.93. The zero-order chi connectivity index (χ0) is 24.5. The van der Waals surface area contributed by atoms with Gasteiger partial charge in [0.05, 0.1) is 0 Å². The van der Waals surface area contributed by atoms with E-state index in [1.165, 1.54) is 27.2 Å². The Kier molecular flexibility index (Phi) is 7.64. The van der Waals surface area contributed by atoms with Crippen molar-refractivity contribution in [2.75, 3.05) is 28.2 Å². The number of nitrogens with zero attached hydrogens (tertiary/aromatic N) is 2. The molecule has 5 heteroatoms. The minimum atomic E-state index is -1.93. The van der Waals surface area contributed by atoms with Crippen LogP contribution in [0.15, 0.2) is 90.1 Å². The summed E-state index contributed by atoms with van der Waals surface area (Å²) in [4.78, 5) is 0. The zero-order valence-electron chi connectivity index (χ0n) is 21.5. The normalized spacial score (nSPS) is 16.1. The van der Waals surface area contributed by atoms with Gasteiger partial charge in [0, 0.05) is 0 Å². The molecule has 3 aromatic carbocycles. The van der Waals surface area contributed by atoms with E-state index in [1.807, 2.05) is 0 Å². The summed E-state index contributed by atoms with van der Waals surface area (Å²) < 4.78 is 5.55. The molecule has 1 N–H and O–H groups in total. The Morgan fingerprint density at radius 3 is 1.65 bits per heavy atom. The molecule has 0 bridgehead atoms. The van der Waals surface area contributed by atoms with Crippen LogP contribution in [0, 0.1) is 0 Å². The van der Waals surface area contributed by atoms with E-state index < -0.39 is 26.6 Å². The number of hydrogen-bond acceptors (Lipinski definition) is 3. The molecule has 0 saturated heterocycles. The molecule has 0 aromatic heterocycles. The Morgan fingerprint density at radius 1 is 0.706 bits per heavy atom. The summed E-state index contributed by atoms with van der Waals surface area (Å²) in [6.07, 6.45) is 0. The van der Waals surface area contributed by atoms with Crippen molar-refractivity contribution in [1.82, 2.24) is 12.2 Å². The molecule has 0 heterocycles. The van der Waals surface area contributed by atoms with E-state index in [1.54, 1.807) is 5.20 Å². The van der Waals surface area contributed by atoms with Crippen LogP contribution in [-0.4, -0.2) is 49.4 Å². The first-order valence-electron chi connectivity index (χ1n) is 12.0. The van der Waals surface area contributed by atoms with Crippen LogP contribution in [0.3, 0.4) is 0 Å². The maximum atomic E-state index is 4.01. The van der Waals surface area contributed by atoms with Crippen LogP contribution >= 0.6 is 0 Å². The monoisotopic (exact) mass is 554 g/mol. The average Bonchev–Trinajstić information content (AvgIpc) is 3.08. The zero-order valence-corrected chi connectivity index (χ0v) is 24.7. The van der Waals surface area contributed by atoms with Crippen LogP contribution in [-0.2, 0) is 17.8 Å². The Morgan fingerprint density at radius 2 is 1.18 bits per heavy atom. The minimum absolute atomic E-state index is 0.0221. The first kappa shape index (κ1) is 25.1. The second-order valence-corrected chi connectivity index (χ2v) is 19.4.